The van der Waals surface area contributed by atoms with Gasteiger partial charge in [-0.25, -0.2) is 0 Å². The number of hydrogen-bond acceptors (Lipinski definition) is 3. The van der Waals surface area contributed by atoms with Crippen molar-refractivity contribution in [1.82, 2.24) is 4.90 Å². The maximum absolute atomic E-state index is 10.4. The van der Waals surface area contributed by atoms with E-state index in [0.29, 0.717) is 0 Å². The van der Waals surface area contributed by atoms with E-state index >= 15 is 0 Å². The van der Waals surface area contributed by atoms with E-state index in [1.807, 2.05) is 0 Å². The lowest BCUT2D eigenvalue weighted by atomic mass is 10.4. The molecule has 1 amide bonds. The van der Waals surface area contributed by atoms with Gasteiger partial charge in [-0.05, 0) is 25.9 Å². The average molecular weight is 168 g/mol. The van der Waals surface area contributed by atoms with E-state index in [1.54, 1.807) is 6.08 Å². The minimum absolute atomic E-state index is 0.700. The minimum atomic E-state index is -0.700. The van der Waals surface area contributed by atoms with Crippen LogP contribution in [0, 0.1) is 4.91 Å². The zero-order valence-electron chi connectivity index (χ0n) is 6.90. The van der Waals surface area contributed by atoms with Crippen LogP contribution in [0.5, 0.6) is 0 Å². The number of amides is 1. The molecule has 0 aromatic rings. The summed E-state index contributed by atoms with van der Waals surface area (Å²) in [6.45, 7) is 2.93. The summed E-state index contributed by atoms with van der Waals surface area (Å²) in [5, 5.41) is 2.26. The van der Waals surface area contributed by atoms with Crippen molar-refractivity contribution in [2.75, 3.05) is 19.6 Å². The number of nitroso groups, excluding NO2 is 1. The molecule has 66 valence electrons. The Balaban J connectivity index is 2.19. The number of rotatable bonds is 3. The lowest BCUT2D eigenvalue weighted by Crippen LogP contribution is -2.18. The van der Waals surface area contributed by atoms with Crippen LogP contribution in [-0.4, -0.2) is 30.4 Å². The molecule has 1 heterocycles. The van der Waals surface area contributed by atoms with Crippen LogP contribution in [-0.2, 0) is 4.79 Å². The van der Waals surface area contributed by atoms with E-state index in [4.69, 9.17) is 0 Å². The van der Waals surface area contributed by atoms with Crippen molar-refractivity contribution in [2.24, 2.45) is 5.18 Å². The third kappa shape index (κ3) is 2.92. The monoisotopic (exact) mass is 168 g/mol. The van der Waals surface area contributed by atoms with Crippen molar-refractivity contribution < 1.29 is 4.79 Å². The first-order chi connectivity index (χ1) is 5.83. The Bertz CT molecular complexity index is 195. The smallest absolute Gasteiger partial charge is 0.300 e. The molecule has 1 fully saturated rings. The fourth-order valence-corrected chi connectivity index (χ4v) is 1.30. The van der Waals surface area contributed by atoms with Crippen molar-refractivity contribution in [3.8, 4) is 0 Å². The third-order valence-corrected chi connectivity index (χ3v) is 1.91. The van der Waals surface area contributed by atoms with Gasteiger partial charge in [0.05, 0.1) is 0 Å². The number of carbonyl (C=O) groups is 1. The van der Waals surface area contributed by atoms with Gasteiger partial charge in [-0.15, -0.1) is 4.91 Å². The van der Waals surface area contributed by atoms with Gasteiger partial charge < -0.3 is 0 Å². The Morgan fingerprint density at radius 2 is 2.08 bits per heavy atom. The third-order valence-electron chi connectivity index (χ3n) is 1.91. The maximum atomic E-state index is 10.4. The summed E-state index contributed by atoms with van der Waals surface area (Å²) in [5.74, 6) is -0.700. The fraction of sp³-hybridized carbons (Fsp3) is 0.625. The number of carbonyl (C=O) groups excluding carboxylic acids is 1. The van der Waals surface area contributed by atoms with Gasteiger partial charge in [0.25, 0.3) is 0 Å². The van der Waals surface area contributed by atoms with Gasteiger partial charge in [-0.2, -0.15) is 0 Å². The molecule has 1 saturated heterocycles. The SMILES string of the molecule is O=NC(=O)/C=C/CN1CCCC1. The van der Waals surface area contributed by atoms with Crippen LogP contribution in [0.15, 0.2) is 17.3 Å². The second-order valence-corrected chi connectivity index (χ2v) is 2.84. The maximum Gasteiger partial charge on any atom is 0.309 e. The summed E-state index contributed by atoms with van der Waals surface area (Å²) in [7, 11) is 0. The Morgan fingerprint density at radius 3 is 2.67 bits per heavy atom. The summed E-state index contributed by atoms with van der Waals surface area (Å²) in [6.07, 6.45) is 5.38. The van der Waals surface area contributed by atoms with Crippen molar-refractivity contribution in [3.63, 3.8) is 0 Å². The molecular weight excluding hydrogens is 156 g/mol. The van der Waals surface area contributed by atoms with Gasteiger partial charge in [0.1, 0.15) is 0 Å². The van der Waals surface area contributed by atoms with Crippen molar-refractivity contribution in [2.45, 2.75) is 12.8 Å². The highest BCUT2D eigenvalue weighted by Gasteiger charge is 2.08. The molecule has 0 bridgehead atoms. The molecule has 0 aromatic carbocycles. The zero-order chi connectivity index (χ0) is 8.81. The Hall–Kier alpha value is -1.03. The van der Waals surface area contributed by atoms with E-state index in [1.165, 1.54) is 18.9 Å². The first kappa shape index (κ1) is 9.06. The Morgan fingerprint density at radius 1 is 1.42 bits per heavy atom. The van der Waals surface area contributed by atoms with Crippen LogP contribution < -0.4 is 0 Å². The quantitative estimate of drug-likeness (QED) is 0.465. The molecule has 1 rings (SSSR count). The van der Waals surface area contributed by atoms with Crippen LogP contribution in [0.1, 0.15) is 12.8 Å². The summed E-state index contributed by atoms with van der Waals surface area (Å²) < 4.78 is 0. The Kier molecular flexibility index (Phi) is 3.60. The standard InChI is InChI=1S/C8H12N2O2/c11-8(9-12)4-3-7-10-5-1-2-6-10/h3-4H,1-2,5-7H2/b4-3+. The second kappa shape index (κ2) is 4.77. The van der Waals surface area contributed by atoms with Gasteiger partial charge in [0.15, 0.2) is 0 Å². The van der Waals surface area contributed by atoms with Crippen LogP contribution >= 0.6 is 0 Å². The van der Waals surface area contributed by atoms with Crippen LogP contribution in [0.3, 0.4) is 0 Å². The van der Waals surface area contributed by atoms with Gasteiger partial charge in [-0.3, -0.25) is 9.69 Å². The van der Waals surface area contributed by atoms with E-state index in [2.05, 4.69) is 10.1 Å². The molecule has 0 unspecified atom stereocenters. The van der Waals surface area contributed by atoms with Crippen molar-refractivity contribution in [3.05, 3.63) is 17.1 Å². The molecule has 12 heavy (non-hydrogen) atoms. The highest BCUT2D eigenvalue weighted by molar-refractivity contribution is 5.87. The molecule has 1 aliphatic rings. The normalized spacial score (nSPS) is 18.7. The second-order valence-electron chi connectivity index (χ2n) is 2.84. The first-order valence-electron chi connectivity index (χ1n) is 4.09. The zero-order valence-corrected chi connectivity index (χ0v) is 6.90. The summed E-state index contributed by atoms with van der Waals surface area (Å²) >= 11 is 0. The topological polar surface area (TPSA) is 49.7 Å². The number of likely N-dealkylation sites (tertiary alicyclic amines) is 1. The fourth-order valence-electron chi connectivity index (χ4n) is 1.30. The van der Waals surface area contributed by atoms with Gasteiger partial charge in [-0.1, -0.05) is 6.08 Å². The van der Waals surface area contributed by atoms with Crippen molar-refractivity contribution in [1.29, 1.82) is 0 Å². The molecule has 4 nitrogen and oxygen atoms in total. The van der Waals surface area contributed by atoms with Crippen molar-refractivity contribution >= 4 is 5.91 Å². The highest BCUT2D eigenvalue weighted by Crippen LogP contribution is 2.06. The molecule has 0 spiro atoms. The summed E-state index contributed by atoms with van der Waals surface area (Å²) in [4.78, 5) is 22.3. The highest BCUT2D eigenvalue weighted by atomic mass is 16.3. The molecule has 0 N–H and O–H groups in total. The molecule has 0 radical (unpaired) electrons. The summed E-state index contributed by atoms with van der Waals surface area (Å²) in [5.41, 5.74) is 0. The predicted octanol–water partition coefficient (Wildman–Crippen LogP) is 0.931. The van der Waals surface area contributed by atoms with Crippen LogP contribution in [0.4, 0.5) is 0 Å². The average Bonchev–Trinajstić information content (AvgIpc) is 2.57. The first-order valence-corrected chi connectivity index (χ1v) is 4.09. The largest absolute Gasteiger partial charge is 0.309 e. The van der Waals surface area contributed by atoms with Crippen LogP contribution in [0.2, 0.25) is 0 Å². The van der Waals surface area contributed by atoms with Crippen LogP contribution in [0.25, 0.3) is 0 Å². The molecule has 0 saturated carbocycles. The lowest BCUT2D eigenvalue weighted by Gasteiger charge is -2.09. The number of hydrogen-bond donors (Lipinski definition) is 0. The molecule has 4 heteroatoms. The van der Waals surface area contributed by atoms with E-state index in [-0.39, 0.29) is 0 Å². The molecular formula is C8H12N2O2. The number of nitrogens with zero attached hydrogens (tertiary/aromatic N) is 2. The summed E-state index contributed by atoms with van der Waals surface area (Å²) in [6, 6.07) is 0. The van der Waals surface area contributed by atoms with E-state index < -0.39 is 5.91 Å². The van der Waals surface area contributed by atoms with E-state index in [0.717, 1.165) is 19.6 Å². The predicted molar refractivity (Wildman–Crippen MR) is 45.6 cm³/mol. The minimum Gasteiger partial charge on any atom is -0.300 e. The van der Waals surface area contributed by atoms with E-state index in [9.17, 15) is 9.70 Å². The van der Waals surface area contributed by atoms with Gasteiger partial charge >= 0.3 is 5.91 Å². The molecule has 0 aliphatic carbocycles. The lowest BCUT2D eigenvalue weighted by molar-refractivity contribution is -0.113. The Labute approximate surface area is 71.2 Å². The van der Waals surface area contributed by atoms with Gasteiger partial charge in [0, 0.05) is 17.8 Å². The molecule has 1 aliphatic heterocycles. The van der Waals surface area contributed by atoms with Gasteiger partial charge in [0.2, 0.25) is 0 Å². The molecule has 0 atom stereocenters. The molecule has 0 aromatic heterocycles.